The van der Waals surface area contributed by atoms with Crippen LogP contribution < -0.4 is 25.3 Å². The smallest absolute Gasteiger partial charge is 0.296 e. The SMILES string of the molecule is Cc1c(N(CC(=O)N/N=C\c2ccc(OCC(=O)Nc3ccccc3Cl)cc2)S(=O)(=O)c2ccccc2)c(=O)n(-c2ccccc2)n1C. The summed E-state index contributed by atoms with van der Waals surface area (Å²) in [5.74, 6) is -0.736. The number of benzene rings is 4. The molecule has 0 spiro atoms. The largest absolute Gasteiger partial charge is 0.484 e. The van der Waals surface area contributed by atoms with Gasteiger partial charge in [0.15, 0.2) is 6.61 Å². The third-order valence-electron chi connectivity index (χ3n) is 7.19. The van der Waals surface area contributed by atoms with Crippen LogP contribution >= 0.6 is 11.6 Å². The highest BCUT2D eigenvalue weighted by Gasteiger charge is 2.33. The summed E-state index contributed by atoms with van der Waals surface area (Å²) in [4.78, 5) is 39.0. The Bertz CT molecular complexity index is 2120. The second-order valence-corrected chi connectivity index (χ2v) is 12.7. The Morgan fingerprint density at radius 2 is 1.52 bits per heavy atom. The molecule has 48 heavy (non-hydrogen) atoms. The highest BCUT2D eigenvalue weighted by molar-refractivity contribution is 7.92. The number of rotatable bonds is 12. The summed E-state index contributed by atoms with van der Waals surface area (Å²) >= 11 is 6.06. The number of para-hydroxylation sites is 2. The zero-order valence-corrected chi connectivity index (χ0v) is 27.5. The molecule has 1 aromatic heterocycles. The fourth-order valence-corrected chi connectivity index (χ4v) is 6.41. The monoisotopic (exact) mass is 686 g/mol. The minimum Gasteiger partial charge on any atom is -0.484 e. The molecule has 5 aromatic rings. The number of sulfonamides is 1. The van der Waals surface area contributed by atoms with Crippen molar-refractivity contribution in [1.82, 2.24) is 14.8 Å². The number of ether oxygens (including phenoxy) is 1. The Morgan fingerprint density at radius 3 is 2.19 bits per heavy atom. The van der Waals surface area contributed by atoms with Crippen LogP contribution in [0.25, 0.3) is 5.69 Å². The van der Waals surface area contributed by atoms with E-state index >= 15 is 0 Å². The van der Waals surface area contributed by atoms with Gasteiger partial charge in [0.2, 0.25) is 0 Å². The van der Waals surface area contributed by atoms with Crippen LogP contribution in [0.1, 0.15) is 11.3 Å². The third-order valence-corrected chi connectivity index (χ3v) is 9.28. The molecule has 0 radical (unpaired) electrons. The summed E-state index contributed by atoms with van der Waals surface area (Å²) in [7, 11) is -2.71. The number of aromatic nitrogens is 2. The molecule has 0 atom stereocenters. The molecule has 2 N–H and O–H groups in total. The molecule has 12 nitrogen and oxygen atoms in total. The lowest BCUT2D eigenvalue weighted by atomic mass is 10.2. The van der Waals surface area contributed by atoms with E-state index in [1.807, 2.05) is 0 Å². The van der Waals surface area contributed by atoms with E-state index in [2.05, 4.69) is 15.8 Å². The van der Waals surface area contributed by atoms with Gasteiger partial charge in [-0.25, -0.2) is 22.8 Å². The van der Waals surface area contributed by atoms with E-state index in [0.717, 1.165) is 4.31 Å². The van der Waals surface area contributed by atoms with Crippen LogP contribution in [0.2, 0.25) is 5.02 Å². The summed E-state index contributed by atoms with van der Waals surface area (Å²) in [6.07, 6.45) is 1.36. The quantitative estimate of drug-likeness (QED) is 0.146. The average Bonchev–Trinajstić information content (AvgIpc) is 3.31. The number of hydrogen-bond acceptors (Lipinski definition) is 7. The number of nitrogens with zero attached hydrogens (tertiary/aromatic N) is 4. The van der Waals surface area contributed by atoms with Gasteiger partial charge in [-0.2, -0.15) is 5.10 Å². The molecule has 0 bridgehead atoms. The van der Waals surface area contributed by atoms with Crippen LogP contribution in [0.3, 0.4) is 0 Å². The Hall–Kier alpha value is -5.66. The molecule has 4 aromatic carbocycles. The lowest BCUT2D eigenvalue weighted by Crippen LogP contribution is -2.42. The van der Waals surface area contributed by atoms with E-state index in [-0.39, 0.29) is 23.1 Å². The van der Waals surface area contributed by atoms with E-state index in [0.29, 0.717) is 33.4 Å². The second kappa shape index (κ2) is 14.8. The highest BCUT2D eigenvalue weighted by atomic mass is 35.5. The van der Waals surface area contributed by atoms with Crippen LogP contribution in [-0.2, 0) is 26.7 Å². The van der Waals surface area contributed by atoms with Crippen LogP contribution in [0.4, 0.5) is 11.4 Å². The van der Waals surface area contributed by atoms with Crippen molar-refractivity contribution in [2.24, 2.45) is 12.1 Å². The van der Waals surface area contributed by atoms with Gasteiger partial charge < -0.3 is 10.1 Å². The van der Waals surface area contributed by atoms with Gasteiger partial charge in [0.05, 0.1) is 33.2 Å². The van der Waals surface area contributed by atoms with E-state index < -0.39 is 28.0 Å². The number of carbonyl (C=O) groups is 2. The van der Waals surface area contributed by atoms with Gasteiger partial charge in [0, 0.05) is 7.05 Å². The van der Waals surface area contributed by atoms with Crippen LogP contribution in [-0.4, -0.2) is 49.0 Å². The molecule has 246 valence electrons. The number of anilines is 2. The van der Waals surface area contributed by atoms with E-state index in [1.165, 1.54) is 27.7 Å². The van der Waals surface area contributed by atoms with Crippen molar-refractivity contribution >= 4 is 51.0 Å². The molecule has 2 amide bonds. The van der Waals surface area contributed by atoms with Crippen molar-refractivity contribution < 1.29 is 22.7 Å². The van der Waals surface area contributed by atoms with Crippen LogP contribution in [0.5, 0.6) is 5.75 Å². The van der Waals surface area contributed by atoms with E-state index in [4.69, 9.17) is 16.3 Å². The topological polar surface area (TPSA) is 144 Å². The van der Waals surface area contributed by atoms with Gasteiger partial charge in [0.25, 0.3) is 27.4 Å². The van der Waals surface area contributed by atoms with Crippen molar-refractivity contribution in [2.75, 3.05) is 22.8 Å². The number of halogens is 1. The molecule has 0 aliphatic carbocycles. The standard InChI is InChI=1S/C34H31ClN6O6S/c1-24-33(34(44)41(39(24)2)26-11-5-3-6-12-26)40(48(45,46)28-13-7-4-8-14-28)22-31(42)38-36-21-25-17-19-27(20-18-25)47-23-32(43)37-30-16-10-9-15-29(30)35/h3-21H,22-23H2,1-2H3,(H,37,43)(H,38,42)/b36-21-. The maximum Gasteiger partial charge on any atom is 0.296 e. The minimum absolute atomic E-state index is 0.0844. The maximum absolute atomic E-state index is 13.9. The Morgan fingerprint density at radius 1 is 0.896 bits per heavy atom. The van der Waals surface area contributed by atoms with Crippen LogP contribution in [0.15, 0.2) is 124 Å². The number of amides is 2. The van der Waals surface area contributed by atoms with Crippen molar-refractivity contribution in [3.63, 3.8) is 0 Å². The van der Waals surface area contributed by atoms with Gasteiger partial charge in [-0.05, 0) is 73.2 Å². The number of hydrazone groups is 1. The van der Waals surface area contributed by atoms with E-state index in [9.17, 15) is 22.8 Å². The lowest BCUT2D eigenvalue weighted by molar-refractivity contribution is -0.119. The molecule has 0 saturated carbocycles. The lowest BCUT2D eigenvalue weighted by Gasteiger charge is -2.22. The number of nitrogens with one attached hydrogen (secondary N) is 2. The first kappa shape index (κ1) is 33.7. The average molecular weight is 687 g/mol. The fourth-order valence-electron chi connectivity index (χ4n) is 4.74. The third kappa shape index (κ3) is 7.65. The highest BCUT2D eigenvalue weighted by Crippen LogP contribution is 2.25. The van der Waals surface area contributed by atoms with Crippen LogP contribution in [0, 0.1) is 6.92 Å². The molecule has 1 heterocycles. The summed E-state index contributed by atoms with van der Waals surface area (Å²) in [5.41, 5.74) is 3.49. The Labute approximate surface area is 281 Å². The van der Waals surface area contributed by atoms with Gasteiger partial charge in [0.1, 0.15) is 18.0 Å². The first-order chi connectivity index (χ1) is 23.1. The fraction of sp³-hybridized carbons (Fsp3) is 0.118. The maximum atomic E-state index is 13.9. The molecule has 0 fully saturated rings. The first-order valence-corrected chi connectivity index (χ1v) is 16.4. The van der Waals surface area contributed by atoms with Crippen molar-refractivity contribution in [3.8, 4) is 11.4 Å². The molecule has 0 saturated heterocycles. The summed E-state index contributed by atoms with van der Waals surface area (Å²) in [6, 6.07) is 29.7. The molecule has 0 unspecified atom stereocenters. The molecule has 0 aliphatic rings. The van der Waals surface area contributed by atoms with Crippen molar-refractivity contribution in [3.05, 3.63) is 136 Å². The second-order valence-electron chi connectivity index (χ2n) is 10.4. The van der Waals surface area contributed by atoms with E-state index in [1.54, 1.807) is 111 Å². The summed E-state index contributed by atoms with van der Waals surface area (Å²) in [6.45, 7) is 0.652. The molecule has 0 aliphatic heterocycles. The molecular formula is C34H31ClN6O6S. The zero-order chi connectivity index (χ0) is 34.3. The molecular weight excluding hydrogens is 656 g/mol. The molecule has 14 heteroatoms. The minimum atomic E-state index is -4.35. The first-order valence-electron chi connectivity index (χ1n) is 14.6. The van der Waals surface area contributed by atoms with Gasteiger partial charge in [-0.3, -0.25) is 19.1 Å². The van der Waals surface area contributed by atoms with Gasteiger partial charge >= 0.3 is 0 Å². The van der Waals surface area contributed by atoms with Gasteiger partial charge in [-0.15, -0.1) is 0 Å². The van der Waals surface area contributed by atoms with Crippen molar-refractivity contribution in [1.29, 1.82) is 0 Å². The predicted octanol–water partition coefficient (Wildman–Crippen LogP) is 4.50. The molecule has 5 rings (SSSR count). The number of carbonyl (C=O) groups excluding carboxylic acids is 2. The predicted molar refractivity (Wildman–Crippen MR) is 184 cm³/mol. The number of hydrogen-bond donors (Lipinski definition) is 2. The Balaban J connectivity index is 1.28. The zero-order valence-electron chi connectivity index (χ0n) is 25.9. The normalized spacial score (nSPS) is 11.3. The Kier molecular flexibility index (Phi) is 10.4. The van der Waals surface area contributed by atoms with Crippen molar-refractivity contribution in [2.45, 2.75) is 11.8 Å². The summed E-state index contributed by atoms with van der Waals surface area (Å²) < 4.78 is 36.9. The summed E-state index contributed by atoms with van der Waals surface area (Å²) in [5, 5.41) is 7.05. The van der Waals surface area contributed by atoms with Gasteiger partial charge in [-0.1, -0.05) is 60.1 Å².